The fourth-order valence-electron chi connectivity index (χ4n) is 5.86. The Morgan fingerprint density at radius 2 is 1.17 bits per heavy atom. The first-order valence-electron chi connectivity index (χ1n) is 21.4. The number of allylic oxidation sites excluding steroid dienone is 7. The van der Waals surface area contributed by atoms with Crippen molar-refractivity contribution in [1.29, 1.82) is 0 Å². The Morgan fingerprint density at radius 3 is 1.76 bits per heavy atom. The molecule has 0 radical (unpaired) electrons. The van der Waals surface area contributed by atoms with E-state index in [9.17, 15) is 19.3 Å². The van der Waals surface area contributed by atoms with E-state index >= 15 is 0 Å². The highest BCUT2D eigenvalue weighted by atomic mass is 31.2. The Hall–Kier alpha value is -2.03. The monoisotopic (exact) mass is 783 g/mol. The maximum atomic E-state index is 12.4. The summed E-state index contributed by atoms with van der Waals surface area (Å²) >= 11 is 0. The topological polar surface area (TPSA) is 140 Å². The SMILES string of the molecule is CCCCC[C@H](O)/C=C/C=C\C/C=C\C/C=C\CCCC(=O)O[C@H](COC(=O)CCCCCCCCCCCCCCCCC(C)CC)COP(=O)(O)O. The molecule has 10 heteroatoms. The lowest BCUT2D eigenvalue weighted by atomic mass is 9.99. The molecule has 0 aliphatic heterocycles. The van der Waals surface area contributed by atoms with Crippen LogP contribution < -0.4 is 0 Å². The molecule has 0 heterocycles. The lowest BCUT2D eigenvalue weighted by molar-refractivity contribution is -0.161. The van der Waals surface area contributed by atoms with Gasteiger partial charge in [-0.05, 0) is 44.4 Å². The van der Waals surface area contributed by atoms with Crippen LogP contribution >= 0.6 is 7.82 Å². The number of hydrogen-bond donors (Lipinski definition) is 3. The minimum absolute atomic E-state index is 0.116. The van der Waals surface area contributed by atoms with Crippen molar-refractivity contribution in [2.45, 2.75) is 200 Å². The van der Waals surface area contributed by atoms with Crippen molar-refractivity contribution >= 4 is 19.8 Å². The molecule has 0 saturated heterocycles. The number of aliphatic hydroxyl groups excluding tert-OH is 1. The van der Waals surface area contributed by atoms with Gasteiger partial charge in [0, 0.05) is 12.8 Å². The van der Waals surface area contributed by atoms with Crippen LogP contribution in [0.1, 0.15) is 188 Å². The van der Waals surface area contributed by atoms with Crippen LogP contribution in [0.4, 0.5) is 0 Å². The van der Waals surface area contributed by atoms with Crippen LogP contribution in [0.3, 0.4) is 0 Å². The molecule has 0 fully saturated rings. The second-order valence-corrected chi connectivity index (χ2v) is 16.0. The van der Waals surface area contributed by atoms with E-state index in [2.05, 4.69) is 37.4 Å². The number of esters is 2. The van der Waals surface area contributed by atoms with Crippen LogP contribution in [-0.4, -0.2) is 52.3 Å². The molecule has 3 atom stereocenters. The van der Waals surface area contributed by atoms with Gasteiger partial charge in [0.25, 0.3) is 0 Å². The van der Waals surface area contributed by atoms with Crippen LogP contribution in [0.2, 0.25) is 0 Å². The average molecular weight is 783 g/mol. The summed E-state index contributed by atoms with van der Waals surface area (Å²) in [5, 5.41) is 9.87. The summed E-state index contributed by atoms with van der Waals surface area (Å²) in [5.74, 6) is -0.0968. The maximum Gasteiger partial charge on any atom is 0.469 e. The Labute approximate surface area is 329 Å². The number of carbonyl (C=O) groups excluding carboxylic acids is 2. The number of rotatable bonds is 38. The number of hydrogen-bond acceptors (Lipinski definition) is 7. The number of phosphoric ester groups is 1. The van der Waals surface area contributed by atoms with Crippen LogP contribution in [-0.2, 0) is 28.2 Å². The summed E-state index contributed by atoms with van der Waals surface area (Å²) in [6.07, 6.45) is 41.6. The minimum Gasteiger partial charge on any atom is -0.462 e. The molecular formula is C44H79O9P. The second kappa shape index (κ2) is 37.9. The average Bonchev–Trinajstić information content (AvgIpc) is 3.13. The van der Waals surface area contributed by atoms with Crippen molar-refractivity contribution < 1.29 is 43.0 Å². The van der Waals surface area contributed by atoms with Gasteiger partial charge in [-0.25, -0.2) is 4.57 Å². The van der Waals surface area contributed by atoms with E-state index in [0.717, 1.165) is 57.3 Å². The van der Waals surface area contributed by atoms with Gasteiger partial charge in [0.2, 0.25) is 0 Å². The molecule has 0 bridgehead atoms. The molecule has 0 aromatic rings. The predicted molar refractivity (Wildman–Crippen MR) is 222 cm³/mol. The third-order valence-electron chi connectivity index (χ3n) is 9.49. The van der Waals surface area contributed by atoms with Gasteiger partial charge < -0.3 is 24.4 Å². The molecular weight excluding hydrogens is 703 g/mol. The van der Waals surface area contributed by atoms with Gasteiger partial charge in [0.05, 0.1) is 12.7 Å². The molecule has 314 valence electrons. The molecule has 0 aliphatic carbocycles. The highest BCUT2D eigenvalue weighted by Gasteiger charge is 2.22. The Balaban J connectivity index is 4.04. The molecule has 0 amide bonds. The zero-order valence-corrected chi connectivity index (χ0v) is 35.3. The first-order valence-corrected chi connectivity index (χ1v) is 23.0. The van der Waals surface area contributed by atoms with E-state index in [1.165, 1.54) is 83.5 Å². The molecule has 0 rings (SSSR count). The van der Waals surface area contributed by atoms with Crippen LogP contribution in [0, 0.1) is 5.92 Å². The largest absolute Gasteiger partial charge is 0.469 e. The highest BCUT2D eigenvalue weighted by Crippen LogP contribution is 2.36. The van der Waals surface area contributed by atoms with E-state index in [1.807, 2.05) is 36.5 Å². The van der Waals surface area contributed by atoms with E-state index in [1.54, 1.807) is 0 Å². The van der Waals surface area contributed by atoms with Crippen LogP contribution in [0.5, 0.6) is 0 Å². The van der Waals surface area contributed by atoms with Gasteiger partial charge in [-0.1, -0.05) is 185 Å². The third-order valence-corrected chi connectivity index (χ3v) is 9.98. The van der Waals surface area contributed by atoms with E-state index in [0.29, 0.717) is 19.3 Å². The second-order valence-electron chi connectivity index (χ2n) is 14.8. The van der Waals surface area contributed by atoms with E-state index in [-0.39, 0.29) is 25.6 Å². The summed E-state index contributed by atoms with van der Waals surface area (Å²) in [6.45, 7) is 5.89. The van der Waals surface area contributed by atoms with Crippen molar-refractivity contribution in [2.75, 3.05) is 13.2 Å². The molecule has 1 unspecified atom stereocenters. The van der Waals surface area contributed by atoms with Crippen LogP contribution in [0.15, 0.2) is 48.6 Å². The van der Waals surface area contributed by atoms with Crippen molar-refractivity contribution in [2.24, 2.45) is 5.92 Å². The Bertz CT molecular complexity index is 1050. The standard InChI is InChI=1S/C44H79O9P/c1-4-6-28-34-41(45)35-30-25-21-17-13-11-15-19-23-27-32-37-44(47)53-42(39-52-54(48,49)50)38-51-43(46)36-31-26-22-18-14-10-8-7-9-12-16-20-24-29-33-40(3)5-2/h11,13,19,21,23,25,30,35,40-42,45H,4-10,12,14-18,20,22,24,26-29,31-34,36-39H2,1-3H3,(H2,48,49,50)/b13-11-,23-19-,25-21-,35-30+/t40?,41-,42+/m0/s1. The summed E-state index contributed by atoms with van der Waals surface area (Å²) in [7, 11) is -4.78. The smallest absolute Gasteiger partial charge is 0.462 e. The number of aliphatic hydroxyl groups is 1. The van der Waals surface area contributed by atoms with Gasteiger partial charge >= 0.3 is 19.8 Å². The van der Waals surface area contributed by atoms with E-state index < -0.39 is 32.5 Å². The highest BCUT2D eigenvalue weighted by molar-refractivity contribution is 7.46. The van der Waals surface area contributed by atoms with Gasteiger partial charge in [-0.3, -0.25) is 14.1 Å². The molecule has 0 saturated carbocycles. The molecule has 9 nitrogen and oxygen atoms in total. The molecule has 3 N–H and O–H groups in total. The number of unbranched alkanes of at least 4 members (excludes halogenated alkanes) is 16. The minimum atomic E-state index is -4.78. The third kappa shape index (κ3) is 39.7. The van der Waals surface area contributed by atoms with Crippen molar-refractivity contribution in [3.8, 4) is 0 Å². The lowest BCUT2D eigenvalue weighted by Crippen LogP contribution is -2.29. The number of ether oxygens (including phenoxy) is 2. The van der Waals surface area contributed by atoms with Crippen molar-refractivity contribution in [3.05, 3.63) is 48.6 Å². The van der Waals surface area contributed by atoms with Crippen molar-refractivity contribution in [3.63, 3.8) is 0 Å². The normalized spacial score (nSPS) is 14.1. The first-order chi connectivity index (χ1) is 26.1. The summed E-state index contributed by atoms with van der Waals surface area (Å²) in [5.41, 5.74) is 0. The molecule has 0 aromatic carbocycles. The van der Waals surface area contributed by atoms with E-state index in [4.69, 9.17) is 19.3 Å². The van der Waals surface area contributed by atoms with Gasteiger partial charge in [0.15, 0.2) is 6.10 Å². The number of carbonyl (C=O) groups is 2. The predicted octanol–water partition coefficient (Wildman–Crippen LogP) is 12.0. The van der Waals surface area contributed by atoms with Gasteiger partial charge in [-0.2, -0.15) is 0 Å². The quantitative estimate of drug-likeness (QED) is 0.0183. The zero-order valence-electron chi connectivity index (χ0n) is 34.4. The Morgan fingerprint density at radius 1 is 0.630 bits per heavy atom. The number of phosphoric acid groups is 1. The fraction of sp³-hybridized carbons (Fsp3) is 0.773. The molecule has 54 heavy (non-hydrogen) atoms. The zero-order chi connectivity index (χ0) is 40.0. The van der Waals surface area contributed by atoms with Crippen molar-refractivity contribution in [1.82, 2.24) is 0 Å². The maximum absolute atomic E-state index is 12.4. The van der Waals surface area contributed by atoms with Gasteiger partial charge in [0.1, 0.15) is 6.61 Å². The molecule has 0 aliphatic rings. The van der Waals surface area contributed by atoms with Crippen LogP contribution in [0.25, 0.3) is 0 Å². The molecule has 0 aromatic heterocycles. The first kappa shape index (κ1) is 52.0. The Kier molecular flexibility index (Phi) is 36.4. The summed E-state index contributed by atoms with van der Waals surface area (Å²) in [6, 6.07) is 0. The summed E-state index contributed by atoms with van der Waals surface area (Å²) in [4.78, 5) is 42.8. The fourth-order valence-corrected chi connectivity index (χ4v) is 6.22. The summed E-state index contributed by atoms with van der Waals surface area (Å²) < 4.78 is 26.3. The lowest BCUT2D eigenvalue weighted by Gasteiger charge is -2.18. The molecule has 0 spiro atoms. The van der Waals surface area contributed by atoms with Gasteiger partial charge in [-0.15, -0.1) is 0 Å².